The van der Waals surface area contributed by atoms with E-state index < -0.39 is 0 Å². The summed E-state index contributed by atoms with van der Waals surface area (Å²) in [6, 6.07) is 0. The molecule has 17 heavy (non-hydrogen) atoms. The lowest BCUT2D eigenvalue weighted by molar-refractivity contribution is 0.0646. The minimum atomic E-state index is -0.245. The van der Waals surface area contributed by atoms with Crippen molar-refractivity contribution in [3.8, 4) is 0 Å². The number of rotatable bonds is 7. The Morgan fingerprint density at radius 2 is 2.00 bits per heavy atom. The summed E-state index contributed by atoms with van der Waals surface area (Å²) < 4.78 is 10.6. The highest BCUT2D eigenvalue weighted by atomic mass is 16.5. The Kier molecular flexibility index (Phi) is 5.08. The second-order valence-corrected chi connectivity index (χ2v) is 4.77. The average Bonchev–Trinajstić information content (AvgIpc) is 2.78. The highest BCUT2D eigenvalue weighted by molar-refractivity contribution is 4.89. The van der Waals surface area contributed by atoms with E-state index in [1.54, 1.807) is 0 Å². The molecule has 98 valence electrons. The van der Waals surface area contributed by atoms with Crippen LogP contribution < -0.4 is 5.73 Å². The van der Waals surface area contributed by atoms with Crippen molar-refractivity contribution >= 4 is 0 Å². The van der Waals surface area contributed by atoms with Crippen molar-refractivity contribution in [1.82, 2.24) is 10.1 Å². The van der Waals surface area contributed by atoms with Gasteiger partial charge in [0, 0.05) is 11.5 Å². The van der Waals surface area contributed by atoms with Gasteiger partial charge in [-0.3, -0.25) is 0 Å². The van der Waals surface area contributed by atoms with Gasteiger partial charge >= 0.3 is 0 Å². The normalized spacial score (nSPS) is 12.4. The molecule has 1 aromatic heterocycles. The lowest BCUT2D eigenvalue weighted by Gasteiger charge is -2.25. The smallest absolute Gasteiger partial charge is 0.229 e. The Labute approximate surface area is 103 Å². The average molecular weight is 241 g/mol. The molecule has 2 N–H and O–H groups in total. The van der Waals surface area contributed by atoms with E-state index in [0.29, 0.717) is 24.9 Å². The van der Waals surface area contributed by atoms with Gasteiger partial charge in [-0.25, -0.2) is 0 Å². The number of nitrogens with two attached hydrogens (primary N) is 1. The summed E-state index contributed by atoms with van der Waals surface area (Å²) in [5.41, 5.74) is 5.88. The van der Waals surface area contributed by atoms with E-state index in [-0.39, 0.29) is 11.5 Å². The Bertz CT molecular complexity index is 332. The zero-order chi connectivity index (χ0) is 12.9. The maximum absolute atomic E-state index is 6.12. The molecule has 5 nitrogen and oxygen atoms in total. The molecule has 1 rings (SSSR count). The van der Waals surface area contributed by atoms with Crippen LogP contribution in [0.2, 0.25) is 0 Å². The molecule has 0 aliphatic carbocycles. The van der Waals surface area contributed by atoms with Gasteiger partial charge in [0.15, 0.2) is 5.82 Å². The summed E-state index contributed by atoms with van der Waals surface area (Å²) in [6.45, 7) is 9.03. The molecule has 0 spiro atoms. The predicted octanol–water partition coefficient (Wildman–Crippen LogP) is 2.23. The molecule has 1 aromatic rings. The molecule has 0 atom stereocenters. The van der Waals surface area contributed by atoms with Crippen molar-refractivity contribution in [3.63, 3.8) is 0 Å². The van der Waals surface area contributed by atoms with Crippen molar-refractivity contribution in [2.45, 2.75) is 58.6 Å². The fraction of sp³-hybridized carbons (Fsp3) is 0.833. The van der Waals surface area contributed by atoms with Gasteiger partial charge in [0.1, 0.15) is 6.61 Å². The van der Waals surface area contributed by atoms with Crippen LogP contribution in [0.5, 0.6) is 0 Å². The van der Waals surface area contributed by atoms with Crippen molar-refractivity contribution in [2.24, 2.45) is 5.73 Å². The first kappa shape index (κ1) is 14.1. The maximum Gasteiger partial charge on any atom is 0.229 e. The van der Waals surface area contributed by atoms with Gasteiger partial charge in [0.05, 0.1) is 6.61 Å². The Morgan fingerprint density at radius 1 is 1.35 bits per heavy atom. The third-order valence-electron chi connectivity index (χ3n) is 3.01. The van der Waals surface area contributed by atoms with Crippen molar-refractivity contribution < 1.29 is 9.26 Å². The largest absolute Gasteiger partial charge is 0.371 e. The molecule has 0 radical (unpaired) electrons. The quantitative estimate of drug-likeness (QED) is 0.792. The Morgan fingerprint density at radius 3 is 2.47 bits per heavy atom. The van der Waals surface area contributed by atoms with E-state index in [2.05, 4.69) is 24.0 Å². The fourth-order valence-electron chi connectivity index (χ4n) is 1.36. The first-order valence-electron chi connectivity index (χ1n) is 6.20. The molecule has 0 bridgehead atoms. The molecule has 0 aliphatic rings. The van der Waals surface area contributed by atoms with Crippen LogP contribution in [0.25, 0.3) is 0 Å². The lowest BCUT2D eigenvalue weighted by Crippen LogP contribution is -2.43. The number of aromatic nitrogens is 2. The van der Waals surface area contributed by atoms with Crippen LogP contribution in [0.15, 0.2) is 4.52 Å². The van der Waals surface area contributed by atoms with E-state index in [0.717, 1.165) is 12.8 Å². The zero-order valence-electron chi connectivity index (χ0n) is 11.2. The fourth-order valence-corrected chi connectivity index (χ4v) is 1.36. The number of hydrogen-bond acceptors (Lipinski definition) is 5. The summed E-state index contributed by atoms with van der Waals surface area (Å²) in [5, 5.41) is 3.86. The van der Waals surface area contributed by atoms with E-state index in [1.807, 2.05) is 13.8 Å². The second kappa shape index (κ2) is 6.12. The van der Waals surface area contributed by atoms with Gasteiger partial charge in [0.2, 0.25) is 5.89 Å². The maximum atomic E-state index is 6.12. The minimum Gasteiger partial charge on any atom is -0.371 e. The molecular weight excluding hydrogens is 218 g/mol. The molecule has 0 saturated heterocycles. The standard InChI is InChI=1S/C12H23N3O2/c1-5-12(13,6-2)8-16-7-10-14-11(9(3)4)17-15-10/h9H,5-8,13H2,1-4H3. The summed E-state index contributed by atoms with van der Waals surface area (Å²) in [4.78, 5) is 4.24. The van der Waals surface area contributed by atoms with Crippen molar-refractivity contribution in [2.75, 3.05) is 6.61 Å². The van der Waals surface area contributed by atoms with Gasteiger partial charge < -0.3 is 15.0 Å². The second-order valence-electron chi connectivity index (χ2n) is 4.77. The monoisotopic (exact) mass is 241 g/mol. The Hall–Kier alpha value is -0.940. The van der Waals surface area contributed by atoms with Gasteiger partial charge in [-0.05, 0) is 12.8 Å². The molecule has 0 aromatic carbocycles. The number of hydrogen-bond donors (Lipinski definition) is 1. The topological polar surface area (TPSA) is 74.2 Å². The van der Waals surface area contributed by atoms with Crippen LogP contribution in [-0.2, 0) is 11.3 Å². The van der Waals surface area contributed by atoms with Crippen molar-refractivity contribution in [3.05, 3.63) is 11.7 Å². The molecule has 0 saturated carbocycles. The van der Waals surface area contributed by atoms with Gasteiger partial charge in [-0.2, -0.15) is 4.98 Å². The molecule has 0 unspecified atom stereocenters. The van der Waals surface area contributed by atoms with Crippen LogP contribution in [0, 0.1) is 0 Å². The van der Waals surface area contributed by atoms with Crippen LogP contribution in [0.4, 0.5) is 0 Å². The SMILES string of the molecule is CCC(N)(CC)COCc1noc(C(C)C)n1. The molecule has 0 amide bonds. The third kappa shape index (κ3) is 4.09. The van der Waals surface area contributed by atoms with Gasteiger partial charge in [-0.15, -0.1) is 0 Å². The summed E-state index contributed by atoms with van der Waals surface area (Å²) in [5.74, 6) is 1.48. The molecule has 5 heteroatoms. The first-order chi connectivity index (χ1) is 8.00. The van der Waals surface area contributed by atoms with Crippen LogP contribution in [-0.4, -0.2) is 22.3 Å². The summed E-state index contributed by atoms with van der Waals surface area (Å²) in [6.07, 6.45) is 1.79. The summed E-state index contributed by atoms with van der Waals surface area (Å²) in [7, 11) is 0. The van der Waals surface area contributed by atoms with E-state index in [1.165, 1.54) is 0 Å². The van der Waals surface area contributed by atoms with Gasteiger partial charge in [-0.1, -0.05) is 32.9 Å². The highest BCUT2D eigenvalue weighted by Crippen LogP contribution is 2.14. The number of ether oxygens (including phenoxy) is 1. The van der Waals surface area contributed by atoms with Crippen LogP contribution in [0.3, 0.4) is 0 Å². The van der Waals surface area contributed by atoms with Crippen molar-refractivity contribution in [1.29, 1.82) is 0 Å². The van der Waals surface area contributed by atoms with E-state index in [9.17, 15) is 0 Å². The zero-order valence-corrected chi connectivity index (χ0v) is 11.2. The van der Waals surface area contributed by atoms with E-state index >= 15 is 0 Å². The first-order valence-corrected chi connectivity index (χ1v) is 6.20. The number of nitrogens with zero attached hydrogens (tertiary/aromatic N) is 2. The summed E-state index contributed by atoms with van der Waals surface area (Å²) >= 11 is 0. The van der Waals surface area contributed by atoms with E-state index in [4.69, 9.17) is 15.0 Å². The molecular formula is C12H23N3O2. The molecule has 0 aliphatic heterocycles. The minimum absolute atomic E-state index is 0.245. The predicted molar refractivity (Wildman–Crippen MR) is 65.5 cm³/mol. The lowest BCUT2D eigenvalue weighted by atomic mass is 9.96. The highest BCUT2D eigenvalue weighted by Gasteiger charge is 2.20. The van der Waals surface area contributed by atoms with Crippen LogP contribution in [0.1, 0.15) is 58.2 Å². The van der Waals surface area contributed by atoms with Gasteiger partial charge in [0.25, 0.3) is 0 Å². The molecule has 1 heterocycles. The Balaban J connectivity index is 2.40. The van der Waals surface area contributed by atoms with Crippen LogP contribution >= 0.6 is 0 Å². The molecule has 0 fully saturated rings. The third-order valence-corrected chi connectivity index (χ3v) is 3.01.